The third kappa shape index (κ3) is 5.67. The number of rotatable bonds is 8. The Morgan fingerprint density at radius 3 is 2.69 bits per heavy atom. The van der Waals surface area contributed by atoms with E-state index in [1.54, 1.807) is 18.1 Å². The summed E-state index contributed by atoms with van der Waals surface area (Å²) in [6.45, 7) is 2.23. The SMILES string of the molecule is CC(=O)N(NCCCc1nc[c-]s1)c1ccc(C(O)C2CCC2)cc1.[Y]. The average molecular weight is 447 g/mol. The largest absolute Gasteiger partial charge is 0.388 e. The molecule has 1 unspecified atom stereocenters. The molecule has 26 heavy (non-hydrogen) atoms. The van der Waals surface area contributed by atoms with Crippen LogP contribution in [-0.4, -0.2) is 22.5 Å². The summed E-state index contributed by atoms with van der Waals surface area (Å²) in [5.41, 5.74) is 4.90. The molecule has 137 valence electrons. The molecule has 1 aliphatic carbocycles. The number of benzene rings is 1. The summed E-state index contributed by atoms with van der Waals surface area (Å²) < 4.78 is 0. The summed E-state index contributed by atoms with van der Waals surface area (Å²) >= 11 is 1.53. The molecule has 0 saturated heterocycles. The van der Waals surface area contributed by atoms with Crippen molar-refractivity contribution in [3.8, 4) is 0 Å². The molecule has 1 saturated carbocycles. The van der Waals surface area contributed by atoms with Gasteiger partial charge in [0.05, 0.1) is 11.8 Å². The maximum absolute atomic E-state index is 11.9. The number of aliphatic hydroxyl groups excluding tert-OH is 1. The van der Waals surface area contributed by atoms with E-state index in [4.69, 9.17) is 0 Å². The molecule has 3 rings (SSSR count). The molecule has 1 heterocycles. The smallest absolute Gasteiger partial charge is 0.238 e. The number of nitrogens with one attached hydrogen (secondary N) is 1. The third-order valence-corrected chi connectivity index (χ3v) is 5.45. The monoisotopic (exact) mass is 447 g/mol. The summed E-state index contributed by atoms with van der Waals surface area (Å²) in [6, 6.07) is 7.62. The summed E-state index contributed by atoms with van der Waals surface area (Å²) in [5.74, 6) is 0.325. The first kappa shape index (κ1) is 21.6. The predicted molar refractivity (Wildman–Crippen MR) is 99.2 cm³/mol. The van der Waals surface area contributed by atoms with Gasteiger partial charge in [-0.05, 0) is 42.9 Å². The van der Waals surface area contributed by atoms with Gasteiger partial charge in [-0.15, -0.1) is 0 Å². The number of carbonyl (C=O) groups excluding carboxylic acids is 1. The molecule has 1 atom stereocenters. The van der Waals surface area contributed by atoms with Crippen LogP contribution in [0.3, 0.4) is 0 Å². The van der Waals surface area contributed by atoms with Crippen molar-refractivity contribution in [3.05, 3.63) is 46.4 Å². The molecule has 1 fully saturated rings. The van der Waals surface area contributed by atoms with Crippen molar-refractivity contribution in [2.75, 3.05) is 11.6 Å². The van der Waals surface area contributed by atoms with Gasteiger partial charge in [-0.2, -0.15) is 5.38 Å². The number of hydrogen-bond acceptors (Lipinski definition) is 5. The molecule has 7 heteroatoms. The number of anilines is 1. The molecule has 1 amide bonds. The molecule has 1 aliphatic rings. The first-order valence-corrected chi connectivity index (χ1v) is 9.60. The fourth-order valence-electron chi connectivity index (χ4n) is 3.00. The van der Waals surface area contributed by atoms with Gasteiger partial charge in [0, 0.05) is 46.2 Å². The maximum atomic E-state index is 11.9. The van der Waals surface area contributed by atoms with E-state index in [0.29, 0.717) is 12.5 Å². The Bertz CT molecular complexity index is 675. The second-order valence-corrected chi connectivity index (χ2v) is 7.38. The molecule has 0 spiro atoms. The Morgan fingerprint density at radius 1 is 1.42 bits per heavy atom. The second kappa shape index (κ2) is 10.6. The van der Waals surface area contributed by atoms with E-state index >= 15 is 0 Å². The van der Waals surface area contributed by atoms with Crippen LogP contribution in [0.2, 0.25) is 0 Å². The van der Waals surface area contributed by atoms with Gasteiger partial charge in [-0.25, -0.2) is 10.4 Å². The zero-order chi connectivity index (χ0) is 17.6. The maximum Gasteiger partial charge on any atom is 0.238 e. The number of aliphatic hydroxyl groups is 1. The van der Waals surface area contributed by atoms with E-state index in [1.165, 1.54) is 17.8 Å². The number of hydrogen-bond donors (Lipinski definition) is 2. The first-order valence-electron chi connectivity index (χ1n) is 8.78. The Kier molecular flexibility index (Phi) is 8.84. The van der Waals surface area contributed by atoms with Crippen LogP contribution >= 0.6 is 11.3 Å². The molecule has 1 aromatic carbocycles. The van der Waals surface area contributed by atoms with Crippen molar-refractivity contribution in [2.24, 2.45) is 5.92 Å². The summed E-state index contributed by atoms with van der Waals surface area (Å²) in [5, 5.41) is 15.9. The minimum Gasteiger partial charge on any atom is -0.388 e. The number of aryl methyl sites for hydroxylation is 1. The average Bonchev–Trinajstić information content (AvgIpc) is 3.06. The standard InChI is InChI=1S/C19H24N3O2S.Y/c1-14(23)22(21-11-3-6-18-20-12-13-25-18)17-9-7-16(8-10-17)19(24)15-4-2-5-15;/h7-10,12,15,19,21,24H,2-6,11H2,1H3;/q-1;. The van der Waals surface area contributed by atoms with Crippen molar-refractivity contribution < 1.29 is 42.6 Å². The molecule has 1 radical (unpaired) electrons. The van der Waals surface area contributed by atoms with Crippen LogP contribution in [0.4, 0.5) is 5.69 Å². The molecule has 2 aromatic rings. The fourth-order valence-corrected chi connectivity index (χ4v) is 3.59. The Hall–Kier alpha value is -0.656. The van der Waals surface area contributed by atoms with Gasteiger partial charge in [0.1, 0.15) is 0 Å². The zero-order valence-electron chi connectivity index (χ0n) is 15.0. The molecular weight excluding hydrogens is 423 g/mol. The fraction of sp³-hybridized carbons (Fsp3) is 0.474. The Balaban J connectivity index is 0.00000243. The molecule has 0 bridgehead atoms. The molecule has 2 N–H and O–H groups in total. The summed E-state index contributed by atoms with van der Waals surface area (Å²) in [7, 11) is 0. The van der Waals surface area contributed by atoms with E-state index in [9.17, 15) is 9.90 Å². The van der Waals surface area contributed by atoms with Crippen molar-refractivity contribution in [2.45, 2.75) is 45.1 Å². The van der Waals surface area contributed by atoms with Gasteiger partial charge in [0.2, 0.25) is 5.91 Å². The Morgan fingerprint density at radius 2 is 2.15 bits per heavy atom. The third-order valence-electron chi connectivity index (χ3n) is 4.68. The van der Waals surface area contributed by atoms with Crippen molar-refractivity contribution in [1.82, 2.24) is 10.4 Å². The van der Waals surface area contributed by atoms with Crippen molar-refractivity contribution in [3.63, 3.8) is 0 Å². The van der Waals surface area contributed by atoms with Crippen LogP contribution in [0.15, 0.2) is 30.5 Å². The van der Waals surface area contributed by atoms with Crippen LogP contribution in [0.5, 0.6) is 0 Å². The molecule has 5 nitrogen and oxygen atoms in total. The van der Waals surface area contributed by atoms with Crippen molar-refractivity contribution in [1.29, 1.82) is 0 Å². The van der Waals surface area contributed by atoms with Gasteiger partial charge in [-0.1, -0.05) is 36.2 Å². The first-order chi connectivity index (χ1) is 12.1. The summed E-state index contributed by atoms with van der Waals surface area (Å²) in [6.07, 6.45) is 6.47. The van der Waals surface area contributed by atoms with Crippen LogP contribution in [0.1, 0.15) is 49.3 Å². The topological polar surface area (TPSA) is 65.5 Å². The minimum absolute atomic E-state index is 0. The van der Waals surface area contributed by atoms with Gasteiger partial charge < -0.3 is 21.4 Å². The number of carbonyl (C=O) groups is 1. The van der Waals surface area contributed by atoms with Gasteiger partial charge in [0.25, 0.3) is 0 Å². The van der Waals surface area contributed by atoms with Crippen LogP contribution in [-0.2, 0) is 43.9 Å². The zero-order valence-corrected chi connectivity index (χ0v) is 18.7. The number of thiazole rings is 1. The van der Waals surface area contributed by atoms with Gasteiger partial charge in [0.15, 0.2) is 0 Å². The predicted octanol–water partition coefficient (Wildman–Crippen LogP) is 3.26. The molecule has 0 aliphatic heterocycles. The van der Waals surface area contributed by atoms with Gasteiger partial charge >= 0.3 is 0 Å². The molecule has 1 aromatic heterocycles. The minimum atomic E-state index is -0.392. The van der Waals surface area contributed by atoms with E-state index in [2.05, 4.69) is 15.8 Å². The number of nitrogens with zero attached hydrogens (tertiary/aromatic N) is 2. The van der Waals surface area contributed by atoms with Crippen LogP contribution in [0.25, 0.3) is 0 Å². The van der Waals surface area contributed by atoms with Crippen LogP contribution < -0.4 is 10.4 Å². The number of hydrazine groups is 1. The molecular formula is C19H24N3O2SY-. The second-order valence-electron chi connectivity index (χ2n) is 6.47. The number of aromatic nitrogens is 1. The van der Waals surface area contributed by atoms with Crippen molar-refractivity contribution >= 4 is 22.9 Å². The van der Waals surface area contributed by atoms with Crippen LogP contribution in [0, 0.1) is 11.3 Å². The number of amides is 1. The van der Waals surface area contributed by atoms with E-state index in [-0.39, 0.29) is 38.6 Å². The van der Waals surface area contributed by atoms with Gasteiger partial charge in [-0.3, -0.25) is 4.79 Å². The normalized spacial score (nSPS) is 15.0. The Labute approximate surface area is 184 Å². The van der Waals surface area contributed by atoms with E-state index < -0.39 is 6.10 Å². The summed E-state index contributed by atoms with van der Waals surface area (Å²) in [4.78, 5) is 16.2. The quantitative estimate of drug-likeness (QED) is 0.371. The van der Waals surface area contributed by atoms with E-state index in [1.807, 2.05) is 24.3 Å². The van der Waals surface area contributed by atoms with E-state index in [0.717, 1.165) is 41.9 Å².